The van der Waals surface area contributed by atoms with E-state index in [-0.39, 0.29) is 0 Å². The molecular weight excluding hydrogens is 266 g/mol. The summed E-state index contributed by atoms with van der Waals surface area (Å²) in [5, 5.41) is 3.30. The van der Waals surface area contributed by atoms with Gasteiger partial charge in [-0.2, -0.15) is 0 Å². The van der Waals surface area contributed by atoms with Crippen molar-refractivity contribution in [2.45, 2.75) is 26.7 Å². The maximum atomic E-state index is 5.74. The van der Waals surface area contributed by atoms with Crippen molar-refractivity contribution in [3.8, 4) is 5.75 Å². The summed E-state index contributed by atoms with van der Waals surface area (Å²) in [5.41, 5.74) is 1.19. The zero-order valence-corrected chi connectivity index (χ0v) is 11.6. The van der Waals surface area contributed by atoms with Crippen LogP contribution < -0.4 is 10.1 Å². The first kappa shape index (κ1) is 13.5. The van der Waals surface area contributed by atoms with Crippen LogP contribution in [0.1, 0.15) is 25.3 Å². The average molecular weight is 286 g/mol. The van der Waals surface area contributed by atoms with E-state index in [0.717, 1.165) is 36.3 Å². The first-order valence-corrected chi connectivity index (χ1v) is 6.63. The summed E-state index contributed by atoms with van der Waals surface area (Å²) in [6.07, 6.45) is 2.26. The molecular formula is C13H20BrNO. The van der Waals surface area contributed by atoms with Crippen molar-refractivity contribution in [2.75, 3.05) is 19.7 Å². The molecule has 0 spiro atoms. The Morgan fingerprint density at radius 2 is 2.12 bits per heavy atom. The van der Waals surface area contributed by atoms with E-state index in [1.807, 2.05) is 12.1 Å². The molecule has 1 rings (SSSR count). The lowest BCUT2D eigenvalue weighted by molar-refractivity contribution is 0.304. The number of nitrogens with one attached hydrogen (secondary N) is 1. The number of hydrogen-bond donors (Lipinski definition) is 1. The summed E-state index contributed by atoms with van der Waals surface area (Å²) in [6.45, 7) is 7.12. The van der Waals surface area contributed by atoms with Crippen LogP contribution in [0.15, 0.2) is 22.7 Å². The molecule has 0 heterocycles. The van der Waals surface area contributed by atoms with Gasteiger partial charge in [0.05, 0.1) is 6.61 Å². The molecule has 1 aromatic carbocycles. The molecule has 0 saturated carbocycles. The van der Waals surface area contributed by atoms with E-state index in [2.05, 4.69) is 41.2 Å². The Morgan fingerprint density at radius 3 is 2.88 bits per heavy atom. The lowest BCUT2D eigenvalue weighted by Crippen LogP contribution is -2.14. The van der Waals surface area contributed by atoms with Crippen LogP contribution in [0.2, 0.25) is 0 Å². The van der Waals surface area contributed by atoms with E-state index in [1.165, 1.54) is 12.0 Å². The zero-order chi connectivity index (χ0) is 11.8. The summed E-state index contributed by atoms with van der Waals surface area (Å²) >= 11 is 3.45. The second kappa shape index (κ2) is 7.69. The molecule has 0 fully saturated rings. The van der Waals surface area contributed by atoms with Gasteiger partial charge in [0.25, 0.3) is 0 Å². The van der Waals surface area contributed by atoms with Crippen molar-refractivity contribution >= 4 is 15.9 Å². The summed E-state index contributed by atoms with van der Waals surface area (Å²) in [6, 6.07) is 6.13. The van der Waals surface area contributed by atoms with Crippen molar-refractivity contribution in [2.24, 2.45) is 0 Å². The van der Waals surface area contributed by atoms with E-state index in [4.69, 9.17) is 4.74 Å². The fraction of sp³-hybridized carbons (Fsp3) is 0.538. The first-order chi connectivity index (χ1) is 7.74. The molecule has 0 amide bonds. The smallest absolute Gasteiger partial charge is 0.123 e. The minimum absolute atomic E-state index is 0.794. The van der Waals surface area contributed by atoms with Crippen LogP contribution in [0, 0.1) is 6.92 Å². The van der Waals surface area contributed by atoms with Crippen LogP contribution in [-0.4, -0.2) is 19.7 Å². The number of halogens is 1. The Morgan fingerprint density at radius 1 is 1.31 bits per heavy atom. The number of benzene rings is 1. The standard InChI is InChI=1S/C13H20BrNO/c1-3-15-8-4-5-9-16-13-10-12(14)7-6-11(13)2/h6-7,10,15H,3-5,8-9H2,1-2H3. The quantitative estimate of drug-likeness (QED) is 0.774. The van der Waals surface area contributed by atoms with Crippen molar-refractivity contribution in [3.63, 3.8) is 0 Å². The highest BCUT2D eigenvalue weighted by Gasteiger charge is 1.99. The molecule has 0 bridgehead atoms. The molecule has 0 radical (unpaired) electrons. The summed E-state index contributed by atoms with van der Waals surface area (Å²) in [7, 11) is 0. The van der Waals surface area contributed by atoms with Crippen molar-refractivity contribution < 1.29 is 4.74 Å². The second-order valence-electron chi connectivity index (χ2n) is 3.82. The number of aryl methyl sites for hydroxylation is 1. The third-order valence-corrected chi connectivity index (χ3v) is 2.90. The topological polar surface area (TPSA) is 21.3 Å². The van der Waals surface area contributed by atoms with Crippen LogP contribution in [-0.2, 0) is 0 Å². The molecule has 0 atom stereocenters. The van der Waals surface area contributed by atoms with E-state index < -0.39 is 0 Å². The Balaban J connectivity index is 2.23. The minimum atomic E-state index is 0.794. The zero-order valence-electron chi connectivity index (χ0n) is 10.1. The fourth-order valence-corrected chi connectivity index (χ4v) is 1.78. The van der Waals surface area contributed by atoms with Gasteiger partial charge in [-0.3, -0.25) is 0 Å². The van der Waals surface area contributed by atoms with Gasteiger partial charge in [0.2, 0.25) is 0 Å². The molecule has 0 aromatic heterocycles. The molecule has 0 unspecified atom stereocenters. The third-order valence-electron chi connectivity index (χ3n) is 2.41. The highest BCUT2D eigenvalue weighted by Crippen LogP contribution is 2.22. The van der Waals surface area contributed by atoms with E-state index in [1.54, 1.807) is 0 Å². The van der Waals surface area contributed by atoms with Crippen LogP contribution in [0.3, 0.4) is 0 Å². The van der Waals surface area contributed by atoms with Crippen LogP contribution >= 0.6 is 15.9 Å². The lowest BCUT2D eigenvalue weighted by atomic mass is 10.2. The molecule has 3 heteroatoms. The van der Waals surface area contributed by atoms with Gasteiger partial charge < -0.3 is 10.1 Å². The van der Waals surface area contributed by atoms with Crippen LogP contribution in [0.4, 0.5) is 0 Å². The average Bonchev–Trinajstić information content (AvgIpc) is 2.28. The largest absolute Gasteiger partial charge is 0.493 e. The monoisotopic (exact) mass is 285 g/mol. The molecule has 16 heavy (non-hydrogen) atoms. The van der Waals surface area contributed by atoms with Gasteiger partial charge in [-0.05, 0) is 50.6 Å². The normalized spacial score (nSPS) is 10.4. The molecule has 1 aromatic rings. The van der Waals surface area contributed by atoms with Crippen LogP contribution in [0.5, 0.6) is 5.75 Å². The fourth-order valence-electron chi connectivity index (χ4n) is 1.44. The van der Waals surface area contributed by atoms with Gasteiger partial charge in [-0.15, -0.1) is 0 Å². The Bertz CT molecular complexity index is 315. The first-order valence-electron chi connectivity index (χ1n) is 5.83. The highest BCUT2D eigenvalue weighted by atomic mass is 79.9. The predicted octanol–water partition coefficient (Wildman–Crippen LogP) is 3.53. The number of rotatable bonds is 7. The molecule has 0 aliphatic carbocycles. The van der Waals surface area contributed by atoms with Crippen molar-refractivity contribution in [3.05, 3.63) is 28.2 Å². The number of unbranched alkanes of at least 4 members (excludes halogenated alkanes) is 1. The lowest BCUT2D eigenvalue weighted by Gasteiger charge is -2.09. The molecule has 90 valence electrons. The molecule has 2 nitrogen and oxygen atoms in total. The third kappa shape index (κ3) is 4.99. The van der Waals surface area contributed by atoms with Gasteiger partial charge in [-0.1, -0.05) is 28.9 Å². The van der Waals surface area contributed by atoms with Gasteiger partial charge >= 0.3 is 0 Å². The summed E-state index contributed by atoms with van der Waals surface area (Å²) in [5.74, 6) is 0.984. The molecule has 0 saturated heterocycles. The second-order valence-corrected chi connectivity index (χ2v) is 4.73. The SMILES string of the molecule is CCNCCCCOc1cc(Br)ccc1C. The number of hydrogen-bond acceptors (Lipinski definition) is 2. The van der Waals surface area contributed by atoms with Gasteiger partial charge in [0, 0.05) is 4.47 Å². The maximum Gasteiger partial charge on any atom is 0.123 e. The van der Waals surface area contributed by atoms with E-state index in [9.17, 15) is 0 Å². The van der Waals surface area contributed by atoms with Crippen molar-refractivity contribution in [1.29, 1.82) is 0 Å². The highest BCUT2D eigenvalue weighted by molar-refractivity contribution is 9.10. The van der Waals surface area contributed by atoms with Crippen molar-refractivity contribution in [1.82, 2.24) is 5.32 Å². The summed E-state index contributed by atoms with van der Waals surface area (Å²) < 4.78 is 6.81. The Labute approximate surface area is 107 Å². The van der Waals surface area contributed by atoms with Gasteiger partial charge in [0.15, 0.2) is 0 Å². The Hall–Kier alpha value is -0.540. The van der Waals surface area contributed by atoms with Gasteiger partial charge in [0.1, 0.15) is 5.75 Å². The number of ether oxygens (including phenoxy) is 1. The van der Waals surface area contributed by atoms with E-state index in [0.29, 0.717) is 0 Å². The maximum absolute atomic E-state index is 5.74. The van der Waals surface area contributed by atoms with Gasteiger partial charge in [-0.25, -0.2) is 0 Å². The predicted molar refractivity (Wildman–Crippen MR) is 72.2 cm³/mol. The molecule has 0 aliphatic heterocycles. The minimum Gasteiger partial charge on any atom is -0.493 e. The summed E-state index contributed by atoms with van der Waals surface area (Å²) in [4.78, 5) is 0. The molecule has 1 N–H and O–H groups in total. The van der Waals surface area contributed by atoms with E-state index >= 15 is 0 Å². The van der Waals surface area contributed by atoms with Crippen LogP contribution in [0.25, 0.3) is 0 Å². The Kier molecular flexibility index (Phi) is 6.50. The molecule has 0 aliphatic rings.